The Kier molecular flexibility index (Phi) is 4.54. The van der Waals surface area contributed by atoms with E-state index in [4.69, 9.17) is 4.74 Å². The molecule has 4 rings (SSSR count). The molecule has 1 aromatic rings. The monoisotopic (exact) mass is 389 g/mol. The van der Waals surface area contributed by atoms with Gasteiger partial charge >= 0.3 is 5.97 Å². The molecular formula is C20H23NO5S. The Labute approximate surface area is 159 Å². The number of nitrogens with zero attached hydrogens (tertiary/aromatic N) is 1. The maximum atomic E-state index is 13.2. The number of sulfonamides is 1. The van der Waals surface area contributed by atoms with E-state index in [0.717, 1.165) is 15.4 Å². The number of carbonyl (C=O) groups is 2. The molecule has 7 heteroatoms. The fourth-order valence-corrected chi connectivity index (χ4v) is 5.41. The summed E-state index contributed by atoms with van der Waals surface area (Å²) in [6, 6.07) is 5.38. The van der Waals surface area contributed by atoms with Crippen LogP contribution < -0.4 is 0 Å². The quantitative estimate of drug-likeness (QED) is 0.584. The molecule has 1 aliphatic carbocycles. The van der Waals surface area contributed by atoms with E-state index in [1.165, 1.54) is 19.2 Å². The molecule has 2 aliphatic heterocycles. The van der Waals surface area contributed by atoms with Crippen LogP contribution in [0.1, 0.15) is 25.8 Å². The minimum atomic E-state index is -4.10. The van der Waals surface area contributed by atoms with Crippen LogP contribution in [0.15, 0.2) is 53.0 Å². The Hall–Kier alpha value is -2.41. The lowest BCUT2D eigenvalue weighted by Crippen LogP contribution is -2.61. The van der Waals surface area contributed by atoms with Gasteiger partial charge in [-0.15, -0.1) is 0 Å². The highest BCUT2D eigenvalue weighted by Crippen LogP contribution is 2.52. The van der Waals surface area contributed by atoms with Gasteiger partial charge in [0.15, 0.2) is 0 Å². The fourth-order valence-electron chi connectivity index (χ4n) is 3.83. The second-order valence-corrected chi connectivity index (χ2v) is 9.28. The Morgan fingerprint density at radius 3 is 2.41 bits per heavy atom. The summed E-state index contributed by atoms with van der Waals surface area (Å²) in [4.78, 5) is 25.4. The number of amides is 1. The van der Waals surface area contributed by atoms with E-state index in [1.54, 1.807) is 18.2 Å². The molecule has 27 heavy (non-hydrogen) atoms. The van der Waals surface area contributed by atoms with Crippen LogP contribution in [0.25, 0.3) is 0 Å². The van der Waals surface area contributed by atoms with Crippen molar-refractivity contribution in [3.63, 3.8) is 0 Å². The number of rotatable bonds is 4. The first-order chi connectivity index (χ1) is 12.5. The third-order valence-corrected chi connectivity index (χ3v) is 7.57. The van der Waals surface area contributed by atoms with E-state index in [0.29, 0.717) is 6.42 Å². The molecule has 1 saturated heterocycles. The number of hydrogen-bond acceptors (Lipinski definition) is 5. The molecule has 2 heterocycles. The minimum Gasteiger partial charge on any atom is -0.466 e. The molecule has 0 radical (unpaired) electrons. The lowest BCUT2D eigenvalue weighted by molar-refractivity contribution is -0.143. The molecule has 0 spiro atoms. The topological polar surface area (TPSA) is 80.8 Å². The zero-order valence-corrected chi connectivity index (χ0v) is 16.7. The highest BCUT2D eigenvalue weighted by atomic mass is 32.2. The van der Waals surface area contributed by atoms with Crippen molar-refractivity contribution in [3.05, 3.63) is 53.6 Å². The molecule has 0 aromatic heterocycles. The lowest BCUT2D eigenvalue weighted by Gasteiger charge is -2.52. The number of aryl methyl sites for hydroxylation is 1. The summed E-state index contributed by atoms with van der Waals surface area (Å²) in [6.45, 7) is 9.53. The van der Waals surface area contributed by atoms with Crippen molar-refractivity contribution in [1.82, 2.24) is 4.31 Å². The predicted octanol–water partition coefficient (Wildman–Crippen LogP) is 2.60. The third kappa shape index (κ3) is 2.81. The smallest absolute Gasteiger partial charge is 0.335 e. The second-order valence-electron chi connectivity index (χ2n) is 7.46. The molecule has 6 nitrogen and oxygen atoms in total. The van der Waals surface area contributed by atoms with Crippen LogP contribution in [-0.2, 0) is 24.3 Å². The number of methoxy groups -OCH3 is 1. The van der Waals surface area contributed by atoms with E-state index in [2.05, 4.69) is 6.58 Å². The average molecular weight is 389 g/mol. The Bertz CT molecular complexity index is 961. The number of ether oxygens (including phenoxy) is 1. The molecule has 1 aromatic carbocycles. The van der Waals surface area contributed by atoms with Gasteiger partial charge in [-0.25, -0.2) is 17.5 Å². The first-order valence-electron chi connectivity index (χ1n) is 8.65. The van der Waals surface area contributed by atoms with Crippen LogP contribution in [0.4, 0.5) is 0 Å². The number of benzene rings is 1. The number of piperidine rings is 1. The highest BCUT2D eigenvalue weighted by molar-refractivity contribution is 7.89. The van der Waals surface area contributed by atoms with Crippen LogP contribution in [0.3, 0.4) is 0 Å². The number of allylic oxidation sites excluding steroid dienone is 1. The van der Waals surface area contributed by atoms with Crippen LogP contribution in [0.5, 0.6) is 0 Å². The van der Waals surface area contributed by atoms with Gasteiger partial charge in [0, 0.05) is 5.41 Å². The molecule has 3 atom stereocenters. The fraction of sp³-hybridized carbons (Fsp3) is 0.400. The van der Waals surface area contributed by atoms with Crippen molar-refractivity contribution in [1.29, 1.82) is 0 Å². The van der Waals surface area contributed by atoms with Crippen molar-refractivity contribution < 1.29 is 22.7 Å². The van der Waals surface area contributed by atoms with Gasteiger partial charge in [-0.1, -0.05) is 42.8 Å². The predicted molar refractivity (Wildman–Crippen MR) is 100 cm³/mol. The Morgan fingerprint density at radius 1 is 1.30 bits per heavy atom. The lowest BCUT2D eigenvalue weighted by atomic mass is 9.61. The Morgan fingerprint density at radius 2 is 1.89 bits per heavy atom. The molecule has 1 fully saturated rings. The zero-order valence-electron chi connectivity index (χ0n) is 15.9. The zero-order chi connectivity index (χ0) is 20.1. The van der Waals surface area contributed by atoms with Gasteiger partial charge in [0.25, 0.3) is 10.0 Å². The van der Waals surface area contributed by atoms with Crippen molar-refractivity contribution in [3.8, 4) is 0 Å². The number of esters is 1. The summed E-state index contributed by atoms with van der Waals surface area (Å²) in [5, 5.41) is 0. The van der Waals surface area contributed by atoms with E-state index in [-0.39, 0.29) is 10.5 Å². The molecule has 2 bridgehead atoms. The van der Waals surface area contributed by atoms with Gasteiger partial charge in [0.05, 0.1) is 29.5 Å². The van der Waals surface area contributed by atoms with Gasteiger partial charge in [0.2, 0.25) is 5.91 Å². The number of carbonyl (C=O) groups excluding carboxylic acids is 2. The second kappa shape index (κ2) is 6.34. The first-order valence-corrected chi connectivity index (χ1v) is 10.1. The van der Waals surface area contributed by atoms with Gasteiger partial charge < -0.3 is 4.74 Å². The summed E-state index contributed by atoms with van der Waals surface area (Å²) < 4.78 is 32.2. The van der Waals surface area contributed by atoms with Gasteiger partial charge in [-0.2, -0.15) is 0 Å². The normalized spacial score (nSPS) is 27.3. The maximum Gasteiger partial charge on any atom is 0.335 e. The minimum absolute atomic E-state index is 0.0234. The van der Waals surface area contributed by atoms with E-state index >= 15 is 0 Å². The van der Waals surface area contributed by atoms with Gasteiger partial charge in [-0.05, 0) is 32.4 Å². The summed E-state index contributed by atoms with van der Waals surface area (Å²) in [6.07, 6.45) is 1.85. The SMILES string of the molecule is C=C(C)[C@]1(C)C[C@@H]2C(C(=O)OC)=C[C@H]1C(=O)N2S(=O)(=O)c1ccc(C)cc1. The molecule has 0 unspecified atom stereocenters. The van der Waals surface area contributed by atoms with E-state index in [1.807, 2.05) is 20.8 Å². The van der Waals surface area contributed by atoms with Crippen molar-refractivity contribution in [2.24, 2.45) is 11.3 Å². The first kappa shape index (κ1) is 19.4. The standard InChI is InChI=1S/C20H23NO5S/c1-12(2)20(4)11-17-15(19(23)26-5)10-16(20)18(22)21(17)27(24,25)14-8-6-13(3)7-9-14/h6-10,16-17H,1,11H2,2-5H3/t16-,17+,20-/m0/s1. The highest BCUT2D eigenvalue weighted by Gasteiger charge is 2.58. The van der Waals surface area contributed by atoms with Gasteiger partial charge in [0.1, 0.15) is 0 Å². The van der Waals surface area contributed by atoms with Crippen LogP contribution in [0.2, 0.25) is 0 Å². The molecule has 1 amide bonds. The van der Waals surface area contributed by atoms with Crippen molar-refractivity contribution in [2.45, 2.75) is 38.1 Å². The summed E-state index contributed by atoms with van der Waals surface area (Å²) >= 11 is 0. The summed E-state index contributed by atoms with van der Waals surface area (Å²) in [7, 11) is -2.86. The molecule has 144 valence electrons. The maximum absolute atomic E-state index is 13.2. The Balaban J connectivity index is 2.15. The van der Waals surface area contributed by atoms with Crippen molar-refractivity contribution in [2.75, 3.05) is 7.11 Å². The molecular weight excluding hydrogens is 366 g/mol. The van der Waals surface area contributed by atoms with Crippen LogP contribution in [0, 0.1) is 18.3 Å². The molecule has 3 aliphatic rings. The largest absolute Gasteiger partial charge is 0.466 e. The average Bonchev–Trinajstić information content (AvgIpc) is 2.61. The van der Waals surface area contributed by atoms with Crippen LogP contribution in [-0.4, -0.2) is 37.8 Å². The van der Waals surface area contributed by atoms with Crippen LogP contribution >= 0.6 is 0 Å². The number of hydrogen-bond donors (Lipinski definition) is 0. The van der Waals surface area contributed by atoms with E-state index < -0.39 is 39.3 Å². The van der Waals surface area contributed by atoms with Crippen molar-refractivity contribution >= 4 is 21.9 Å². The molecule has 0 N–H and O–H groups in total. The molecule has 0 saturated carbocycles. The van der Waals surface area contributed by atoms with Gasteiger partial charge in [-0.3, -0.25) is 4.79 Å². The summed E-state index contributed by atoms with van der Waals surface area (Å²) in [5.74, 6) is -1.94. The van der Waals surface area contributed by atoms with E-state index in [9.17, 15) is 18.0 Å². The third-order valence-electron chi connectivity index (χ3n) is 5.75. The summed E-state index contributed by atoms with van der Waals surface area (Å²) in [5.41, 5.74) is 1.28. The number of fused-ring (bicyclic) bond motifs is 2.